The van der Waals surface area contributed by atoms with Crippen LogP contribution in [0.2, 0.25) is 5.02 Å². The fraction of sp³-hybridized carbons (Fsp3) is 0.444. The Kier molecular flexibility index (Phi) is 4.98. The lowest BCUT2D eigenvalue weighted by Gasteiger charge is -2.07. The van der Waals surface area contributed by atoms with Gasteiger partial charge in [-0.1, -0.05) is 18.5 Å². The molecule has 0 amide bonds. The molecule has 1 unspecified atom stereocenters. The average molecular weight is 263 g/mol. The molecule has 1 aromatic rings. The lowest BCUT2D eigenvalue weighted by molar-refractivity contribution is -0.385. The summed E-state index contributed by atoms with van der Waals surface area (Å²) in [6.07, 6.45) is 1.18. The number of aliphatic hydroxyl groups is 1. The van der Waals surface area contributed by atoms with E-state index in [0.717, 1.165) is 0 Å². The van der Waals surface area contributed by atoms with E-state index in [1.165, 1.54) is 24.0 Å². The maximum Gasteiger partial charge on any atom is 0.289 e. The quantitative estimate of drug-likeness (QED) is 0.501. The van der Waals surface area contributed by atoms with Gasteiger partial charge in [0, 0.05) is 18.4 Å². The van der Waals surface area contributed by atoms with Crippen molar-refractivity contribution in [3.63, 3.8) is 0 Å². The number of nitro groups is 1. The summed E-state index contributed by atoms with van der Waals surface area (Å²) in [5.41, 5.74) is -0.121. The van der Waals surface area contributed by atoms with E-state index in [-0.39, 0.29) is 23.2 Å². The third kappa shape index (κ3) is 3.62. The Hall–Kier alpha value is -0.850. The Balaban J connectivity index is 2.72. The summed E-state index contributed by atoms with van der Waals surface area (Å²) in [5, 5.41) is 20.1. The number of hydrogen-bond acceptors (Lipinski definition) is 5. The maximum atomic E-state index is 10.4. The summed E-state index contributed by atoms with van der Waals surface area (Å²) >= 11 is 7.22. The van der Waals surface area contributed by atoms with Gasteiger partial charge in [-0.05, 0) is 5.92 Å². The van der Waals surface area contributed by atoms with Crippen LogP contribution in [0.3, 0.4) is 0 Å². The maximum absolute atomic E-state index is 10.4. The van der Waals surface area contributed by atoms with Crippen molar-refractivity contribution in [2.24, 2.45) is 5.92 Å². The zero-order chi connectivity index (χ0) is 12.1. The van der Waals surface area contributed by atoms with Crippen LogP contribution in [0, 0.1) is 16.0 Å². The van der Waals surface area contributed by atoms with Crippen molar-refractivity contribution in [3.8, 4) is 0 Å². The molecule has 88 valence electrons. The van der Waals surface area contributed by atoms with E-state index in [1.807, 2.05) is 6.92 Å². The third-order valence-electron chi connectivity index (χ3n) is 1.82. The van der Waals surface area contributed by atoms with Crippen LogP contribution in [0.1, 0.15) is 6.92 Å². The minimum atomic E-state index is -0.538. The summed E-state index contributed by atoms with van der Waals surface area (Å²) < 4.78 is 0. The highest BCUT2D eigenvalue weighted by atomic mass is 35.5. The van der Waals surface area contributed by atoms with Gasteiger partial charge in [-0.3, -0.25) is 10.1 Å². The molecule has 5 nitrogen and oxygen atoms in total. The molecule has 1 rings (SSSR count). The first-order valence-electron chi connectivity index (χ1n) is 4.58. The predicted molar refractivity (Wildman–Crippen MR) is 62.9 cm³/mol. The van der Waals surface area contributed by atoms with Gasteiger partial charge in [-0.25, -0.2) is 4.98 Å². The largest absolute Gasteiger partial charge is 0.396 e. The molecule has 0 aliphatic heterocycles. The van der Waals surface area contributed by atoms with Gasteiger partial charge in [0.25, 0.3) is 5.69 Å². The standard InChI is InChI=1S/C9H11ClN2O3S/c1-6(4-13)5-16-9-8(10)2-7(3-11-9)12(14)15/h2-3,6,13H,4-5H2,1H3. The normalized spacial score (nSPS) is 12.4. The van der Waals surface area contributed by atoms with Crippen LogP contribution in [-0.2, 0) is 0 Å². The molecular weight excluding hydrogens is 252 g/mol. The van der Waals surface area contributed by atoms with Gasteiger partial charge >= 0.3 is 0 Å². The third-order valence-corrected chi connectivity index (χ3v) is 3.55. The summed E-state index contributed by atoms with van der Waals surface area (Å²) in [6, 6.07) is 1.28. The van der Waals surface area contributed by atoms with Crippen LogP contribution in [0.25, 0.3) is 0 Å². The van der Waals surface area contributed by atoms with Crippen molar-refractivity contribution in [1.29, 1.82) is 0 Å². The summed E-state index contributed by atoms with van der Waals surface area (Å²) in [6.45, 7) is 1.99. The molecule has 1 atom stereocenters. The van der Waals surface area contributed by atoms with Crippen molar-refractivity contribution >= 4 is 29.1 Å². The SMILES string of the molecule is CC(CO)CSc1ncc([N+](=O)[O-])cc1Cl. The monoisotopic (exact) mass is 262 g/mol. The molecule has 0 spiro atoms. The van der Waals surface area contributed by atoms with Gasteiger partial charge < -0.3 is 5.11 Å². The van der Waals surface area contributed by atoms with Crippen molar-refractivity contribution in [1.82, 2.24) is 4.98 Å². The number of hydrogen-bond donors (Lipinski definition) is 1. The number of aromatic nitrogens is 1. The van der Waals surface area contributed by atoms with Gasteiger partial charge in [0.05, 0.1) is 9.95 Å². The van der Waals surface area contributed by atoms with Crippen LogP contribution in [-0.4, -0.2) is 27.4 Å². The van der Waals surface area contributed by atoms with Crippen molar-refractivity contribution in [2.45, 2.75) is 11.9 Å². The summed E-state index contributed by atoms with van der Waals surface area (Å²) in [4.78, 5) is 13.8. The van der Waals surface area contributed by atoms with E-state index in [2.05, 4.69) is 4.98 Å². The second kappa shape index (κ2) is 6.03. The molecule has 0 radical (unpaired) electrons. The summed E-state index contributed by atoms with van der Waals surface area (Å²) in [5.74, 6) is 0.805. The van der Waals surface area contributed by atoms with Gasteiger partial charge in [0.15, 0.2) is 0 Å². The first-order valence-corrected chi connectivity index (χ1v) is 5.94. The number of thioether (sulfide) groups is 1. The second-order valence-corrected chi connectivity index (χ2v) is 4.75. The summed E-state index contributed by atoms with van der Waals surface area (Å²) in [7, 11) is 0. The highest BCUT2D eigenvalue weighted by molar-refractivity contribution is 7.99. The van der Waals surface area contributed by atoms with Crippen molar-refractivity contribution in [3.05, 3.63) is 27.4 Å². The molecule has 0 saturated heterocycles. The van der Waals surface area contributed by atoms with E-state index >= 15 is 0 Å². The van der Waals surface area contributed by atoms with Crippen LogP contribution in [0.15, 0.2) is 17.3 Å². The smallest absolute Gasteiger partial charge is 0.289 e. The van der Waals surface area contributed by atoms with Crippen LogP contribution in [0.4, 0.5) is 5.69 Å². The minimum absolute atomic E-state index is 0.0948. The van der Waals surface area contributed by atoms with Crippen LogP contribution >= 0.6 is 23.4 Å². The molecule has 0 fully saturated rings. The molecule has 0 saturated carbocycles. The highest BCUT2D eigenvalue weighted by Gasteiger charge is 2.12. The zero-order valence-corrected chi connectivity index (χ0v) is 10.2. The van der Waals surface area contributed by atoms with Gasteiger partial charge in [0.2, 0.25) is 0 Å². The lowest BCUT2D eigenvalue weighted by Crippen LogP contribution is -2.03. The number of halogens is 1. The van der Waals surface area contributed by atoms with Crippen LogP contribution < -0.4 is 0 Å². The number of aliphatic hydroxyl groups excluding tert-OH is 1. The first-order chi connectivity index (χ1) is 7.54. The fourth-order valence-electron chi connectivity index (χ4n) is 0.895. The van der Waals surface area contributed by atoms with E-state index in [0.29, 0.717) is 10.8 Å². The Labute approximate surface area is 102 Å². The topological polar surface area (TPSA) is 76.3 Å². The number of pyridine rings is 1. The number of nitrogens with zero attached hydrogens (tertiary/aromatic N) is 2. The van der Waals surface area contributed by atoms with E-state index in [4.69, 9.17) is 16.7 Å². The molecule has 7 heteroatoms. The van der Waals surface area contributed by atoms with Gasteiger partial charge in [0.1, 0.15) is 11.2 Å². The average Bonchev–Trinajstić information content (AvgIpc) is 2.26. The first kappa shape index (κ1) is 13.2. The highest BCUT2D eigenvalue weighted by Crippen LogP contribution is 2.28. The Morgan fingerprint density at radius 1 is 1.75 bits per heavy atom. The zero-order valence-electron chi connectivity index (χ0n) is 8.59. The Morgan fingerprint density at radius 3 is 2.94 bits per heavy atom. The van der Waals surface area contributed by atoms with E-state index in [9.17, 15) is 10.1 Å². The van der Waals surface area contributed by atoms with Gasteiger partial charge in [-0.15, -0.1) is 11.8 Å². The number of rotatable bonds is 5. The van der Waals surface area contributed by atoms with Gasteiger partial charge in [-0.2, -0.15) is 0 Å². The fourth-order valence-corrected chi connectivity index (χ4v) is 2.09. The van der Waals surface area contributed by atoms with Crippen molar-refractivity contribution < 1.29 is 10.0 Å². The minimum Gasteiger partial charge on any atom is -0.396 e. The molecule has 0 aliphatic rings. The molecule has 0 aliphatic carbocycles. The Morgan fingerprint density at radius 2 is 2.44 bits per heavy atom. The molecule has 1 N–H and O–H groups in total. The van der Waals surface area contributed by atoms with E-state index in [1.54, 1.807) is 0 Å². The predicted octanol–water partition coefficient (Wildman–Crippen LogP) is 2.36. The second-order valence-electron chi connectivity index (χ2n) is 3.34. The Bertz CT molecular complexity index is 389. The van der Waals surface area contributed by atoms with Crippen molar-refractivity contribution in [2.75, 3.05) is 12.4 Å². The van der Waals surface area contributed by atoms with E-state index < -0.39 is 4.92 Å². The molecular formula is C9H11ClN2O3S. The lowest BCUT2D eigenvalue weighted by atomic mass is 10.2. The molecule has 0 bridgehead atoms. The molecule has 1 aromatic heterocycles. The van der Waals surface area contributed by atoms with Crippen LogP contribution in [0.5, 0.6) is 0 Å². The molecule has 0 aromatic carbocycles. The molecule has 16 heavy (non-hydrogen) atoms. The molecule has 1 heterocycles.